The molecule has 1 nitrogen and oxygen atoms in total. The standard InChI is InChI=1S/C48H30O/c1-2-14-32(15-3-1)46-39-20-6-8-22-41(39)47(42-23-9-7-21-40(42)46)35-18-10-17-33(29-35)34-27-28-44-43(30-34)48-38(25-12-26-45(48)49-44)37-24-11-16-31-13-4-5-19-36(31)37/h1-30H/i10D,17D,18D,29D. The summed E-state index contributed by atoms with van der Waals surface area (Å²) in [4.78, 5) is 0. The van der Waals surface area contributed by atoms with Gasteiger partial charge in [-0.2, -0.15) is 0 Å². The van der Waals surface area contributed by atoms with Crippen LogP contribution in [0.15, 0.2) is 186 Å². The SMILES string of the molecule is [2H]c1c([2H])c(-c2ccc3oc4cccc(-c5cccc6ccccc56)c4c3c2)c([2H])c(-c2c3ccccc3c(-c3ccccc3)c3ccccc23)c1[2H]. The molecule has 49 heavy (non-hydrogen) atoms. The van der Waals surface area contributed by atoms with Crippen molar-refractivity contribution in [3.05, 3.63) is 182 Å². The van der Waals surface area contributed by atoms with Gasteiger partial charge in [0.05, 0.1) is 5.48 Å². The van der Waals surface area contributed by atoms with E-state index in [0.29, 0.717) is 22.3 Å². The van der Waals surface area contributed by atoms with Crippen molar-refractivity contribution in [1.82, 2.24) is 0 Å². The molecule has 0 aliphatic carbocycles. The predicted molar refractivity (Wildman–Crippen MR) is 208 cm³/mol. The minimum atomic E-state index is -0.208. The van der Waals surface area contributed by atoms with Crippen LogP contribution in [0.4, 0.5) is 0 Å². The highest BCUT2D eigenvalue weighted by Gasteiger charge is 2.18. The van der Waals surface area contributed by atoms with E-state index in [1.165, 1.54) is 0 Å². The summed E-state index contributed by atoms with van der Waals surface area (Å²) in [5.74, 6) is 0. The molecule has 9 aromatic carbocycles. The monoisotopic (exact) mass is 626 g/mol. The topological polar surface area (TPSA) is 13.1 Å². The number of rotatable bonds is 4. The van der Waals surface area contributed by atoms with Crippen molar-refractivity contribution in [1.29, 1.82) is 0 Å². The van der Waals surface area contributed by atoms with Crippen molar-refractivity contribution in [3.8, 4) is 44.5 Å². The lowest BCUT2D eigenvalue weighted by molar-refractivity contribution is 0.669. The van der Waals surface area contributed by atoms with Crippen molar-refractivity contribution < 1.29 is 9.90 Å². The molecule has 228 valence electrons. The first-order chi connectivity index (χ1) is 26.0. The summed E-state index contributed by atoms with van der Waals surface area (Å²) >= 11 is 0. The molecular weight excluding hydrogens is 593 g/mol. The predicted octanol–water partition coefficient (Wildman–Crippen LogP) is 13.7. The molecule has 0 spiro atoms. The van der Waals surface area contributed by atoms with E-state index in [1.807, 2.05) is 91.0 Å². The number of fused-ring (bicyclic) bond motifs is 6. The fraction of sp³-hybridized carbons (Fsp3) is 0. The molecule has 0 aliphatic heterocycles. The highest BCUT2D eigenvalue weighted by Crippen LogP contribution is 2.45. The molecule has 0 saturated heterocycles. The number of furan rings is 1. The van der Waals surface area contributed by atoms with Gasteiger partial charge in [0.15, 0.2) is 0 Å². The Hall–Kier alpha value is -6.44. The Labute approximate surface area is 289 Å². The molecule has 1 aromatic heterocycles. The first-order valence-electron chi connectivity index (χ1n) is 18.5. The minimum absolute atomic E-state index is 0.0557. The van der Waals surface area contributed by atoms with Crippen LogP contribution in [0.25, 0.3) is 98.8 Å². The van der Waals surface area contributed by atoms with Gasteiger partial charge in [0.25, 0.3) is 0 Å². The van der Waals surface area contributed by atoms with Gasteiger partial charge in [-0.25, -0.2) is 0 Å². The van der Waals surface area contributed by atoms with E-state index in [4.69, 9.17) is 5.79 Å². The van der Waals surface area contributed by atoms with Crippen molar-refractivity contribution in [3.63, 3.8) is 0 Å². The van der Waals surface area contributed by atoms with Crippen LogP contribution >= 0.6 is 0 Å². The normalized spacial score (nSPS) is 12.8. The summed E-state index contributed by atoms with van der Waals surface area (Å²) in [6.07, 6.45) is 0. The van der Waals surface area contributed by atoms with Crippen LogP contribution < -0.4 is 0 Å². The smallest absolute Gasteiger partial charge is 0.136 e. The summed E-state index contributed by atoms with van der Waals surface area (Å²) in [5, 5.41) is 7.90. The maximum absolute atomic E-state index is 9.82. The molecule has 10 rings (SSSR count). The van der Waals surface area contributed by atoms with Gasteiger partial charge in [0.1, 0.15) is 11.2 Å². The third kappa shape index (κ3) is 4.40. The quantitative estimate of drug-likeness (QED) is 0.177. The summed E-state index contributed by atoms with van der Waals surface area (Å²) in [6.45, 7) is 0. The van der Waals surface area contributed by atoms with Crippen LogP contribution in [0.5, 0.6) is 0 Å². The summed E-state index contributed by atoms with van der Waals surface area (Å²) in [5.41, 5.74) is 7.77. The van der Waals surface area contributed by atoms with Gasteiger partial charge >= 0.3 is 0 Å². The van der Waals surface area contributed by atoms with Crippen molar-refractivity contribution >= 4 is 54.3 Å². The Morgan fingerprint density at radius 2 is 0.980 bits per heavy atom. The van der Waals surface area contributed by atoms with E-state index in [-0.39, 0.29) is 24.2 Å². The highest BCUT2D eigenvalue weighted by molar-refractivity contribution is 6.21. The maximum atomic E-state index is 9.82. The van der Waals surface area contributed by atoms with Crippen molar-refractivity contribution in [2.24, 2.45) is 0 Å². The van der Waals surface area contributed by atoms with E-state index in [0.717, 1.165) is 76.5 Å². The fourth-order valence-corrected chi connectivity index (χ4v) is 7.59. The average Bonchev–Trinajstić information content (AvgIpc) is 3.58. The summed E-state index contributed by atoms with van der Waals surface area (Å²) in [7, 11) is 0. The zero-order valence-corrected chi connectivity index (χ0v) is 26.4. The lowest BCUT2D eigenvalue weighted by Crippen LogP contribution is -1.91. The average molecular weight is 627 g/mol. The third-order valence-corrected chi connectivity index (χ3v) is 9.73. The van der Waals surface area contributed by atoms with Gasteiger partial charge in [-0.1, -0.05) is 158 Å². The minimum Gasteiger partial charge on any atom is -0.456 e. The lowest BCUT2D eigenvalue weighted by Gasteiger charge is -2.18. The van der Waals surface area contributed by atoms with E-state index in [1.54, 1.807) is 0 Å². The van der Waals surface area contributed by atoms with Gasteiger partial charge < -0.3 is 4.42 Å². The highest BCUT2D eigenvalue weighted by atomic mass is 16.3. The van der Waals surface area contributed by atoms with E-state index >= 15 is 0 Å². The second-order valence-corrected chi connectivity index (χ2v) is 12.5. The number of benzene rings is 9. The molecule has 0 saturated carbocycles. The van der Waals surface area contributed by atoms with Crippen molar-refractivity contribution in [2.45, 2.75) is 0 Å². The molecular formula is C48H30O. The van der Waals surface area contributed by atoms with Crippen LogP contribution in [0.3, 0.4) is 0 Å². The van der Waals surface area contributed by atoms with Crippen LogP contribution in [0.1, 0.15) is 5.48 Å². The summed E-state index contributed by atoms with van der Waals surface area (Å²) in [6, 6.07) is 52.6. The van der Waals surface area contributed by atoms with Gasteiger partial charge in [-0.05, 0) is 101 Å². The molecule has 1 heteroatoms. The first-order valence-corrected chi connectivity index (χ1v) is 16.5. The Kier molecular flexibility index (Phi) is 5.38. The molecule has 10 aromatic rings. The molecule has 0 unspecified atom stereocenters. The van der Waals surface area contributed by atoms with Gasteiger partial charge in [0, 0.05) is 10.8 Å². The van der Waals surface area contributed by atoms with E-state index < -0.39 is 0 Å². The molecule has 0 bridgehead atoms. The molecule has 0 N–H and O–H groups in total. The Morgan fingerprint density at radius 1 is 0.388 bits per heavy atom. The molecule has 0 aliphatic rings. The van der Waals surface area contributed by atoms with Gasteiger partial charge in [0.2, 0.25) is 0 Å². The van der Waals surface area contributed by atoms with E-state index in [2.05, 4.69) is 66.7 Å². The summed E-state index contributed by atoms with van der Waals surface area (Å²) < 4.78 is 43.8. The lowest BCUT2D eigenvalue weighted by atomic mass is 9.85. The fourth-order valence-electron chi connectivity index (χ4n) is 7.59. The number of hydrogen-bond donors (Lipinski definition) is 0. The molecule has 1 heterocycles. The van der Waals surface area contributed by atoms with Crippen LogP contribution in [-0.2, 0) is 0 Å². The Balaban J connectivity index is 1.26. The molecule has 0 amide bonds. The Morgan fingerprint density at radius 3 is 1.73 bits per heavy atom. The molecule has 0 atom stereocenters. The largest absolute Gasteiger partial charge is 0.456 e. The maximum Gasteiger partial charge on any atom is 0.136 e. The van der Waals surface area contributed by atoms with Gasteiger partial charge in [-0.3, -0.25) is 0 Å². The zero-order valence-electron chi connectivity index (χ0n) is 30.4. The van der Waals surface area contributed by atoms with Crippen LogP contribution in [0, 0.1) is 0 Å². The Bertz CT molecular complexity index is 3040. The first kappa shape index (κ1) is 23.8. The van der Waals surface area contributed by atoms with Crippen LogP contribution in [0.2, 0.25) is 0 Å². The van der Waals surface area contributed by atoms with Crippen LogP contribution in [-0.4, -0.2) is 0 Å². The van der Waals surface area contributed by atoms with Gasteiger partial charge in [-0.15, -0.1) is 0 Å². The zero-order chi connectivity index (χ0) is 35.8. The molecule has 0 radical (unpaired) electrons. The third-order valence-electron chi connectivity index (χ3n) is 9.73. The van der Waals surface area contributed by atoms with E-state index in [9.17, 15) is 4.11 Å². The van der Waals surface area contributed by atoms with Crippen molar-refractivity contribution in [2.75, 3.05) is 0 Å². The second-order valence-electron chi connectivity index (χ2n) is 12.5. The molecule has 0 fully saturated rings. The number of hydrogen-bond acceptors (Lipinski definition) is 1. The second kappa shape index (κ2) is 11.1.